The number of carbonyl (C=O) groups excluding carboxylic acids is 1. The van der Waals surface area contributed by atoms with Gasteiger partial charge in [0.15, 0.2) is 23.4 Å². The number of carbonyl (C=O) groups is 1. The SMILES string of the molecule is COC[C@]12C[C@H]1[C@](C)(c1cc(NC(=O)c3cnc(OCC(C)(F)F)cn3)cc(F)c1F)N=C(N)S2. The van der Waals surface area contributed by atoms with Crippen molar-refractivity contribution in [3.63, 3.8) is 0 Å². The second-order valence-corrected chi connectivity index (χ2v) is 10.3. The van der Waals surface area contributed by atoms with Crippen molar-refractivity contribution in [1.82, 2.24) is 9.97 Å². The molecule has 1 saturated carbocycles. The van der Waals surface area contributed by atoms with Gasteiger partial charge in [-0.3, -0.25) is 9.79 Å². The summed E-state index contributed by atoms with van der Waals surface area (Å²) in [6.45, 7) is 1.84. The van der Waals surface area contributed by atoms with E-state index in [1.165, 1.54) is 17.8 Å². The van der Waals surface area contributed by atoms with Crippen LogP contribution >= 0.6 is 11.8 Å². The van der Waals surface area contributed by atoms with Gasteiger partial charge in [0.2, 0.25) is 5.88 Å². The molecule has 0 saturated heterocycles. The van der Waals surface area contributed by atoms with Crippen molar-refractivity contribution >= 4 is 28.5 Å². The van der Waals surface area contributed by atoms with Crippen LogP contribution in [0.25, 0.3) is 0 Å². The summed E-state index contributed by atoms with van der Waals surface area (Å²) >= 11 is 1.36. The van der Waals surface area contributed by atoms with Crippen LogP contribution in [-0.2, 0) is 10.3 Å². The molecule has 4 rings (SSSR count). The Hall–Kier alpha value is -2.93. The largest absolute Gasteiger partial charge is 0.470 e. The smallest absolute Gasteiger partial charge is 0.278 e. The number of thioether (sulfide) groups is 1. The van der Waals surface area contributed by atoms with Crippen molar-refractivity contribution < 1.29 is 31.8 Å². The van der Waals surface area contributed by atoms with Gasteiger partial charge in [-0.2, -0.15) is 0 Å². The van der Waals surface area contributed by atoms with Crippen LogP contribution in [0.3, 0.4) is 0 Å². The molecule has 13 heteroatoms. The number of hydrogen-bond donors (Lipinski definition) is 2. The topological polar surface area (TPSA) is 112 Å². The van der Waals surface area contributed by atoms with Gasteiger partial charge in [-0.25, -0.2) is 27.5 Å². The van der Waals surface area contributed by atoms with Crippen molar-refractivity contribution in [2.75, 3.05) is 25.6 Å². The Morgan fingerprint density at radius 3 is 2.69 bits per heavy atom. The van der Waals surface area contributed by atoms with Crippen LogP contribution in [0.15, 0.2) is 29.5 Å². The van der Waals surface area contributed by atoms with Gasteiger partial charge in [-0.1, -0.05) is 11.8 Å². The Bertz CT molecular complexity index is 1180. The Kier molecular flexibility index (Phi) is 6.43. The van der Waals surface area contributed by atoms with Crippen LogP contribution < -0.4 is 15.8 Å². The Morgan fingerprint density at radius 1 is 1.31 bits per heavy atom. The minimum atomic E-state index is -3.06. The van der Waals surface area contributed by atoms with E-state index in [0.29, 0.717) is 20.0 Å². The maximum absolute atomic E-state index is 15.0. The van der Waals surface area contributed by atoms with E-state index in [-0.39, 0.29) is 38.7 Å². The zero-order chi connectivity index (χ0) is 25.6. The fraction of sp³-hybridized carbons (Fsp3) is 0.455. The summed E-state index contributed by atoms with van der Waals surface area (Å²) in [6, 6.07) is 2.15. The second kappa shape index (κ2) is 8.94. The summed E-state index contributed by atoms with van der Waals surface area (Å²) in [7, 11) is 1.56. The van der Waals surface area contributed by atoms with Gasteiger partial charge in [-0.05, 0) is 19.4 Å². The number of halogens is 4. The number of benzene rings is 1. The van der Waals surface area contributed by atoms with Crippen molar-refractivity contribution in [3.8, 4) is 5.88 Å². The highest BCUT2D eigenvalue weighted by molar-refractivity contribution is 8.15. The molecule has 35 heavy (non-hydrogen) atoms. The predicted molar refractivity (Wildman–Crippen MR) is 122 cm³/mol. The number of anilines is 1. The number of aliphatic imine (C=N–C) groups is 1. The zero-order valence-corrected chi connectivity index (χ0v) is 19.9. The Labute approximate surface area is 202 Å². The third-order valence-electron chi connectivity index (χ3n) is 5.91. The third kappa shape index (κ3) is 5.06. The van der Waals surface area contributed by atoms with Crippen molar-refractivity contribution in [2.45, 2.75) is 36.5 Å². The molecule has 2 aliphatic rings. The maximum atomic E-state index is 15.0. The van der Waals surface area contributed by atoms with Crippen LogP contribution in [0.4, 0.5) is 23.2 Å². The van der Waals surface area contributed by atoms with E-state index < -0.39 is 35.6 Å². The lowest BCUT2D eigenvalue weighted by Gasteiger charge is -2.34. The predicted octanol–water partition coefficient (Wildman–Crippen LogP) is 3.72. The van der Waals surface area contributed by atoms with Gasteiger partial charge in [0.1, 0.15) is 5.69 Å². The number of ether oxygens (including phenoxy) is 2. The summed E-state index contributed by atoms with van der Waals surface area (Å²) in [5.74, 6) is -6.43. The fourth-order valence-electron chi connectivity index (χ4n) is 4.26. The first kappa shape index (κ1) is 25.2. The quantitative estimate of drug-likeness (QED) is 0.518. The van der Waals surface area contributed by atoms with E-state index in [9.17, 15) is 22.4 Å². The molecule has 0 spiro atoms. The summed E-state index contributed by atoms with van der Waals surface area (Å²) in [4.78, 5) is 24.7. The Morgan fingerprint density at radius 2 is 2.06 bits per heavy atom. The highest BCUT2D eigenvalue weighted by Crippen LogP contribution is 2.66. The minimum Gasteiger partial charge on any atom is -0.470 e. The van der Waals surface area contributed by atoms with Crippen molar-refractivity contribution in [1.29, 1.82) is 0 Å². The van der Waals surface area contributed by atoms with Crippen LogP contribution in [0, 0.1) is 17.6 Å². The van der Waals surface area contributed by atoms with Gasteiger partial charge in [-0.15, -0.1) is 0 Å². The molecule has 188 valence electrons. The van der Waals surface area contributed by atoms with E-state index in [4.69, 9.17) is 15.2 Å². The molecule has 2 aromatic rings. The normalized spacial score (nSPS) is 25.5. The number of nitrogens with zero attached hydrogens (tertiary/aromatic N) is 3. The van der Waals surface area contributed by atoms with E-state index in [0.717, 1.165) is 18.5 Å². The summed E-state index contributed by atoms with van der Waals surface area (Å²) in [5, 5.41) is 2.70. The first-order chi connectivity index (χ1) is 16.4. The van der Waals surface area contributed by atoms with Crippen LogP contribution in [-0.4, -0.2) is 52.0 Å². The van der Waals surface area contributed by atoms with Crippen molar-refractivity contribution in [2.24, 2.45) is 16.6 Å². The van der Waals surface area contributed by atoms with E-state index >= 15 is 0 Å². The highest BCUT2D eigenvalue weighted by atomic mass is 32.2. The van der Waals surface area contributed by atoms with Gasteiger partial charge in [0.05, 0.1) is 29.3 Å². The summed E-state index contributed by atoms with van der Waals surface area (Å²) < 4.78 is 65.1. The van der Waals surface area contributed by atoms with E-state index in [1.54, 1.807) is 14.0 Å². The molecule has 1 aromatic heterocycles. The molecule has 1 fully saturated rings. The number of amidine groups is 1. The van der Waals surface area contributed by atoms with Crippen LogP contribution in [0.2, 0.25) is 0 Å². The summed E-state index contributed by atoms with van der Waals surface area (Å²) in [6.07, 6.45) is 2.68. The Balaban J connectivity index is 1.56. The molecular formula is C22H23F4N5O3S. The number of alkyl halides is 2. The molecule has 1 aromatic carbocycles. The van der Waals surface area contributed by atoms with E-state index in [1.807, 2.05) is 0 Å². The monoisotopic (exact) mass is 513 g/mol. The van der Waals surface area contributed by atoms with Gasteiger partial charge in [0, 0.05) is 37.3 Å². The number of nitrogens with two attached hydrogens (primary N) is 1. The molecule has 1 aliphatic carbocycles. The standard InChI is InChI=1S/C22H23F4N5O3S/c1-20(25,26)9-34-16-8-28-14(7-29-16)18(32)30-11-4-12(17(24)13(23)5-11)21(2)15-6-22(15,10-33-3)35-19(27)31-21/h4-5,7-8,15H,6,9-10H2,1-3H3,(H2,27,31)(H,30,32)/t15-,21-,22+/m0/s1. The third-order valence-corrected chi connectivity index (χ3v) is 7.18. The lowest BCUT2D eigenvalue weighted by Crippen LogP contribution is -2.38. The lowest BCUT2D eigenvalue weighted by molar-refractivity contribution is -0.0243. The molecule has 3 N–H and O–H groups in total. The van der Waals surface area contributed by atoms with Gasteiger partial charge >= 0.3 is 0 Å². The number of methoxy groups -OCH3 is 1. The molecule has 2 heterocycles. The molecule has 0 radical (unpaired) electrons. The number of rotatable bonds is 8. The number of nitrogens with one attached hydrogen (secondary N) is 1. The molecule has 0 unspecified atom stereocenters. The molecule has 0 bridgehead atoms. The lowest BCUT2D eigenvalue weighted by atomic mass is 9.85. The van der Waals surface area contributed by atoms with E-state index in [2.05, 4.69) is 20.3 Å². The summed E-state index contributed by atoms with van der Waals surface area (Å²) in [5.41, 5.74) is 4.60. The van der Waals surface area contributed by atoms with Crippen molar-refractivity contribution in [3.05, 3.63) is 47.4 Å². The number of hydrogen-bond acceptors (Lipinski definition) is 8. The van der Waals surface area contributed by atoms with Gasteiger partial charge in [0.25, 0.3) is 11.8 Å². The molecule has 8 nitrogen and oxygen atoms in total. The van der Waals surface area contributed by atoms with Gasteiger partial charge < -0.3 is 20.5 Å². The zero-order valence-electron chi connectivity index (χ0n) is 19.1. The molecule has 1 amide bonds. The molecule has 1 aliphatic heterocycles. The first-order valence-corrected chi connectivity index (χ1v) is 11.4. The average Bonchev–Trinajstić information content (AvgIpc) is 3.49. The second-order valence-electron chi connectivity index (χ2n) is 8.83. The number of aromatic nitrogens is 2. The number of amides is 1. The minimum absolute atomic E-state index is 0.0251. The van der Waals surface area contributed by atoms with Crippen LogP contribution in [0.5, 0.6) is 5.88 Å². The first-order valence-electron chi connectivity index (χ1n) is 10.5. The molecule has 3 atom stereocenters. The average molecular weight is 514 g/mol. The molecular weight excluding hydrogens is 490 g/mol. The fourth-order valence-corrected chi connectivity index (χ4v) is 5.71. The highest BCUT2D eigenvalue weighted by Gasteiger charge is 2.66. The number of fused-ring (bicyclic) bond motifs is 1. The van der Waals surface area contributed by atoms with Crippen LogP contribution in [0.1, 0.15) is 36.3 Å². The maximum Gasteiger partial charge on any atom is 0.278 e.